The molecule has 33 heavy (non-hydrogen) atoms. The summed E-state index contributed by atoms with van der Waals surface area (Å²) >= 11 is 0. The van der Waals surface area contributed by atoms with Crippen LogP contribution in [0.4, 0.5) is 13.2 Å². The van der Waals surface area contributed by atoms with Gasteiger partial charge in [0.2, 0.25) is 0 Å². The molecule has 9 heteroatoms. The fourth-order valence-electron chi connectivity index (χ4n) is 3.62. The highest BCUT2D eigenvalue weighted by atomic mass is 19.4. The van der Waals surface area contributed by atoms with Gasteiger partial charge < -0.3 is 10.2 Å². The van der Waals surface area contributed by atoms with Gasteiger partial charge in [-0.2, -0.15) is 18.3 Å². The summed E-state index contributed by atoms with van der Waals surface area (Å²) in [4.78, 5) is 19.0. The molecule has 0 saturated carbocycles. The van der Waals surface area contributed by atoms with Crippen LogP contribution in [0.15, 0.2) is 48.8 Å². The Morgan fingerprint density at radius 2 is 1.76 bits per heavy atom. The number of amides is 1. The van der Waals surface area contributed by atoms with Gasteiger partial charge in [-0.05, 0) is 44.6 Å². The first-order valence-electron chi connectivity index (χ1n) is 10.6. The van der Waals surface area contributed by atoms with Crippen LogP contribution in [0, 0.1) is 6.92 Å². The minimum Gasteiger partial charge on any atom is -0.350 e. The van der Waals surface area contributed by atoms with E-state index in [1.54, 1.807) is 0 Å². The zero-order chi connectivity index (χ0) is 24.3. The van der Waals surface area contributed by atoms with Crippen molar-refractivity contribution in [2.24, 2.45) is 0 Å². The highest BCUT2D eigenvalue weighted by Gasteiger charge is 2.31. The molecule has 1 N–H and O–H groups in total. The van der Waals surface area contributed by atoms with Crippen molar-refractivity contribution in [3.8, 4) is 5.82 Å². The lowest BCUT2D eigenvalue weighted by molar-refractivity contribution is -0.137. The highest BCUT2D eigenvalue weighted by molar-refractivity contribution is 5.95. The van der Waals surface area contributed by atoms with Crippen LogP contribution in [0.3, 0.4) is 0 Å². The molecule has 0 fully saturated rings. The van der Waals surface area contributed by atoms with Crippen molar-refractivity contribution in [1.29, 1.82) is 0 Å². The zero-order valence-corrected chi connectivity index (χ0v) is 19.3. The Morgan fingerprint density at radius 3 is 2.27 bits per heavy atom. The fraction of sp³-hybridized carbons (Fsp3) is 0.375. The number of alkyl halides is 3. The van der Waals surface area contributed by atoms with E-state index in [1.807, 2.05) is 64.0 Å². The van der Waals surface area contributed by atoms with E-state index >= 15 is 0 Å². The quantitative estimate of drug-likeness (QED) is 0.554. The predicted octanol–water partition coefficient (Wildman–Crippen LogP) is 4.75. The highest BCUT2D eigenvalue weighted by Crippen LogP contribution is 2.29. The van der Waals surface area contributed by atoms with E-state index in [9.17, 15) is 18.0 Å². The van der Waals surface area contributed by atoms with Gasteiger partial charge in [-0.15, -0.1) is 0 Å². The van der Waals surface area contributed by atoms with E-state index in [4.69, 9.17) is 0 Å². The van der Waals surface area contributed by atoms with Crippen LogP contribution in [-0.4, -0.2) is 46.2 Å². The second kappa shape index (κ2) is 9.74. The Labute approximate surface area is 191 Å². The molecule has 3 rings (SSSR count). The number of aromatic nitrogens is 3. The van der Waals surface area contributed by atoms with Crippen LogP contribution in [0.1, 0.15) is 58.5 Å². The van der Waals surface area contributed by atoms with Crippen molar-refractivity contribution in [3.63, 3.8) is 0 Å². The standard InChI is InChI=1S/C24H28F3N5O/c1-15(2)22-19(13-30-32(22)21-11-10-18(12-28-21)24(25,26)27)23(33)29-14-20(31(4)5)17-8-6-16(3)7-9-17/h6-13,15,20H,14H2,1-5H3,(H,29,33)/t20-/m1/s1. The molecule has 0 bridgehead atoms. The molecule has 0 spiro atoms. The molecule has 0 unspecified atom stereocenters. The Hall–Kier alpha value is -3.20. The van der Waals surface area contributed by atoms with Gasteiger partial charge in [0, 0.05) is 12.7 Å². The second-order valence-electron chi connectivity index (χ2n) is 8.51. The first kappa shape index (κ1) is 24.4. The third kappa shape index (κ3) is 5.60. The van der Waals surface area contributed by atoms with Gasteiger partial charge in [0.15, 0.2) is 5.82 Å². The van der Waals surface area contributed by atoms with Crippen molar-refractivity contribution in [2.75, 3.05) is 20.6 Å². The molecule has 6 nitrogen and oxygen atoms in total. The number of benzene rings is 1. The molecule has 0 saturated heterocycles. The summed E-state index contributed by atoms with van der Waals surface area (Å²) in [5.41, 5.74) is 2.35. The van der Waals surface area contributed by atoms with E-state index in [1.165, 1.54) is 16.9 Å². The number of pyridine rings is 1. The summed E-state index contributed by atoms with van der Waals surface area (Å²) in [5, 5.41) is 7.23. The number of hydrogen-bond donors (Lipinski definition) is 1. The molecule has 2 aromatic heterocycles. The summed E-state index contributed by atoms with van der Waals surface area (Å²) in [6.07, 6.45) is -2.27. The lowest BCUT2D eigenvalue weighted by Crippen LogP contribution is -2.35. The van der Waals surface area contributed by atoms with Crippen LogP contribution >= 0.6 is 0 Å². The molecule has 0 aliphatic rings. The van der Waals surface area contributed by atoms with Gasteiger partial charge in [-0.1, -0.05) is 43.7 Å². The number of likely N-dealkylation sites (N-methyl/N-ethyl adjacent to an activating group) is 1. The molecule has 176 valence electrons. The third-order valence-corrected chi connectivity index (χ3v) is 5.43. The van der Waals surface area contributed by atoms with E-state index < -0.39 is 11.7 Å². The Morgan fingerprint density at radius 1 is 1.09 bits per heavy atom. The Balaban J connectivity index is 1.83. The monoisotopic (exact) mass is 459 g/mol. The topological polar surface area (TPSA) is 63.1 Å². The summed E-state index contributed by atoms with van der Waals surface area (Å²) in [6.45, 7) is 6.19. The first-order valence-corrected chi connectivity index (χ1v) is 10.6. The summed E-state index contributed by atoms with van der Waals surface area (Å²) in [6, 6.07) is 10.3. The number of halogens is 3. The third-order valence-electron chi connectivity index (χ3n) is 5.43. The number of nitrogens with one attached hydrogen (secondary N) is 1. The molecule has 0 aliphatic carbocycles. The normalized spacial score (nSPS) is 12.9. The van der Waals surface area contributed by atoms with Gasteiger partial charge in [-0.3, -0.25) is 4.79 Å². The molecule has 1 atom stereocenters. The number of aryl methyl sites for hydroxylation is 1. The fourth-order valence-corrected chi connectivity index (χ4v) is 3.62. The number of carbonyl (C=O) groups is 1. The van der Waals surface area contributed by atoms with Crippen molar-refractivity contribution < 1.29 is 18.0 Å². The van der Waals surface area contributed by atoms with Gasteiger partial charge in [0.25, 0.3) is 5.91 Å². The first-order chi connectivity index (χ1) is 15.5. The van der Waals surface area contributed by atoms with Gasteiger partial charge >= 0.3 is 6.18 Å². The largest absolute Gasteiger partial charge is 0.417 e. The molecule has 3 aromatic rings. The van der Waals surface area contributed by atoms with Gasteiger partial charge in [0.1, 0.15) is 0 Å². The molecule has 1 aromatic carbocycles. The maximum atomic E-state index is 13.1. The Bertz CT molecular complexity index is 1090. The van der Waals surface area contributed by atoms with Gasteiger partial charge in [-0.25, -0.2) is 9.67 Å². The van der Waals surface area contributed by atoms with Crippen molar-refractivity contribution in [1.82, 2.24) is 25.0 Å². The molecule has 1 amide bonds. The summed E-state index contributed by atoms with van der Waals surface area (Å²) in [5.74, 6) is -0.188. The average molecular weight is 460 g/mol. The van der Waals surface area contributed by atoms with Crippen LogP contribution in [0.25, 0.3) is 5.82 Å². The smallest absolute Gasteiger partial charge is 0.350 e. The maximum Gasteiger partial charge on any atom is 0.417 e. The van der Waals surface area contributed by atoms with E-state index in [0.29, 0.717) is 17.8 Å². The molecule has 0 radical (unpaired) electrons. The minimum absolute atomic E-state index is 0.0244. The lowest BCUT2D eigenvalue weighted by Gasteiger charge is -2.25. The van der Waals surface area contributed by atoms with Crippen LogP contribution in [-0.2, 0) is 6.18 Å². The average Bonchev–Trinajstić information content (AvgIpc) is 3.20. The minimum atomic E-state index is -4.47. The van der Waals surface area contributed by atoms with Gasteiger partial charge in [0.05, 0.1) is 29.1 Å². The summed E-state index contributed by atoms with van der Waals surface area (Å²) in [7, 11) is 3.90. The predicted molar refractivity (Wildman–Crippen MR) is 120 cm³/mol. The van der Waals surface area contributed by atoms with E-state index in [2.05, 4.69) is 15.4 Å². The number of carbonyl (C=O) groups excluding carboxylic acids is 1. The SMILES string of the molecule is Cc1ccc([C@@H](CNC(=O)c2cnn(-c3ccc(C(F)(F)F)cn3)c2C(C)C)N(C)C)cc1. The van der Waals surface area contributed by atoms with E-state index in [0.717, 1.165) is 23.4 Å². The van der Waals surface area contributed by atoms with Crippen LogP contribution in [0.2, 0.25) is 0 Å². The molecular formula is C24H28F3N5O. The molecule has 0 aliphatic heterocycles. The number of hydrogen-bond acceptors (Lipinski definition) is 4. The second-order valence-corrected chi connectivity index (χ2v) is 8.51. The molecule has 2 heterocycles. The van der Waals surface area contributed by atoms with Crippen LogP contribution in [0.5, 0.6) is 0 Å². The lowest BCUT2D eigenvalue weighted by atomic mass is 10.0. The van der Waals surface area contributed by atoms with Crippen molar-refractivity contribution in [2.45, 2.75) is 38.9 Å². The van der Waals surface area contributed by atoms with Crippen molar-refractivity contribution >= 4 is 5.91 Å². The molecular weight excluding hydrogens is 431 g/mol. The van der Waals surface area contributed by atoms with Crippen LogP contribution < -0.4 is 5.32 Å². The zero-order valence-electron chi connectivity index (χ0n) is 19.3. The van der Waals surface area contributed by atoms with E-state index in [-0.39, 0.29) is 23.7 Å². The number of nitrogens with zero attached hydrogens (tertiary/aromatic N) is 4. The van der Waals surface area contributed by atoms with Crippen molar-refractivity contribution in [3.05, 3.63) is 76.7 Å². The maximum absolute atomic E-state index is 13.1. The summed E-state index contributed by atoms with van der Waals surface area (Å²) < 4.78 is 40.0. The Kier molecular flexibility index (Phi) is 7.22. The number of rotatable bonds is 7.